The first-order valence-electron chi connectivity index (χ1n) is 6.75. The van der Waals surface area contributed by atoms with E-state index < -0.39 is 0 Å². The van der Waals surface area contributed by atoms with Crippen LogP contribution in [0.25, 0.3) is 0 Å². The summed E-state index contributed by atoms with van der Waals surface area (Å²) in [5.74, 6) is 2.22. The summed E-state index contributed by atoms with van der Waals surface area (Å²) in [4.78, 5) is 4.51. The standard InChI is InChI=1S/C14H25N3O/c1-4-9-15-13-6-5-7-14(17-13)16-12(8-10-18)11(2)3/h5-7,11-12,18H,4,8-10H2,1-3H3,(H2,15,16,17). The van der Waals surface area contributed by atoms with Gasteiger partial charge in [-0.25, -0.2) is 4.98 Å². The summed E-state index contributed by atoms with van der Waals surface area (Å²) >= 11 is 0. The predicted molar refractivity (Wildman–Crippen MR) is 77.0 cm³/mol. The quantitative estimate of drug-likeness (QED) is 0.665. The van der Waals surface area contributed by atoms with E-state index in [1.165, 1.54) is 0 Å². The summed E-state index contributed by atoms with van der Waals surface area (Å²) in [6, 6.07) is 6.18. The van der Waals surface area contributed by atoms with Gasteiger partial charge in [0.15, 0.2) is 0 Å². The van der Waals surface area contributed by atoms with Crippen molar-refractivity contribution >= 4 is 11.6 Å². The summed E-state index contributed by atoms with van der Waals surface area (Å²) in [5, 5.41) is 15.7. The number of nitrogens with zero attached hydrogens (tertiary/aromatic N) is 1. The highest BCUT2D eigenvalue weighted by Crippen LogP contribution is 2.15. The second-order valence-electron chi connectivity index (χ2n) is 4.84. The maximum Gasteiger partial charge on any atom is 0.128 e. The van der Waals surface area contributed by atoms with Crippen LogP contribution in [0.1, 0.15) is 33.6 Å². The van der Waals surface area contributed by atoms with E-state index in [0.29, 0.717) is 5.92 Å². The lowest BCUT2D eigenvalue weighted by molar-refractivity contribution is 0.267. The van der Waals surface area contributed by atoms with E-state index in [1.54, 1.807) is 0 Å². The van der Waals surface area contributed by atoms with Gasteiger partial charge < -0.3 is 15.7 Å². The zero-order chi connectivity index (χ0) is 13.4. The summed E-state index contributed by atoms with van der Waals surface area (Å²) < 4.78 is 0. The molecule has 0 saturated heterocycles. The molecule has 3 N–H and O–H groups in total. The van der Waals surface area contributed by atoms with Crippen molar-refractivity contribution in [2.24, 2.45) is 5.92 Å². The highest BCUT2D eigenvalue weighted by Gasteiger charge is 2.12. The van der Waals surface area contributed by atoms with Crippen LogP contribution < -0.4 is 10.6 Å². The molecule has 0 aromatic carbocycles. The maximum absolute atomic E-state index is 9.06. The van der Waals surface area contributed by atoms with Crippen LogP contribution in [0.4, 0.5) is 11.6 Å². The number of aromatic nitrogens is 1. The first-order chi connectivity index (χ1) is 8.67. The zero-order valence-corrected chi connectivity index (χ0v) is 11.6. The zero-order valence-electron chi connectivity index (χ0n) is 11.6. The molecule has 0 bridgehead atoms. The highest BCUT2D eigenvalue weighted by atomic mass is 16.3. The van der Waals surface area contributed by atoms with Crippen LogP contribution in [0, 0.1) is 5.92 Å². The Kier molecular flexibility index (Phi) is 6.50. The first-order valence-corrected chi connectivity index (χ1v) is 6.75. The Balaban J connectivity index is 2.64. The van der Waals surface area contributed by atoms with Gasteiger partial charge in [0.2, 0.25) is 0 Å². The third-order valence-electron chi connectivity index (χ3n) is 2.88. The van der Waals surface area contributed by atoms with Crippen LogP contribution >= 0.6 is 0 Å². The van der Waals surface area contributed by atoms with E-state index in [1.807, 2.05) is 18.2 Å². The number of aliphatic hydroxyl groups is 1. The fraction of sp³-hybridized carbons (Fsp3) is 0.643. The van der Waals surface area contributed by atoms with E-state index >= 15 is 0 Å². The average Bonchev–Trinajstić information content (AvgIpc) is 2.36. The van der Waals surface area contributed by atoms with Gasteiger partial charge in [0, 0.05) is 19.2 Å². The number of nitrogens with one attached hydrogen (secondary N) is 2. The Bertz CT molecular complexity index is 342. The molecule has 0 amide bonds. The molecule has 4 heteroatoms. The molecular weight excluding hydrogens is 226 g/mol. The Morgan fingerprint density at radius 3 is 2.61 bits per heavy atom. The third-order valence-corrected chi connectivity index (χ3v) is 2.88. The van der Waals surface area contributed by atoms with Crippen molar-refractivity contribution in [2.45, 2.75) is 39.7 Å². The molecule has 0 radical (unpaired) electrons. The summed E-state index contributed by atoms with van der Waals surface area (Å²) in [5.41, 5.74) is 0. The summed E-state index contributed by atoms with van der Waals surface area (Å²) in [6.07, 6.45) is 1.82. The van der Waals surface area contributed by atoms with E-state index in [4.69, 9.17) is 5.11 Å². The van der Waals surface area contributed by atoms with Gasteiger partial charge in [-0.3, -0.25) is 0 Å². The number of anilines is 2. The largest absolute Gasteiger partial charge is 0.396 e. The SMILES string of the molecule is CCCNc1cccc(NC(CCO)C(C)C)n1. The molecule has 0 aliphatic rings. The van der Waals surface area contributed by atoms with Crippen LogP contribution in [-0.4, -0.2) is 29.3 Å². The van der Waals surface area contributed by atoms with Crippen LogP contribution in [0.15, 0.2) is 18.2 Å². The van der Waals surface area contributed by atoms with Crippen molar-refractivity contribution in [1.82, 2.24) is 4.98 Å². The molecular formula is C14H25N3O. The molecule has 1 atom stereocenters. The van der Waals surface area contributed by atoms with Gasteiger partial charge in [0.1, 0.15) is 11.6 Å². The summed E-state index contributed by atoms with van der Waals surface area (Å²) in [7, 11) is 0. The molecule has 1 aromatic heterocycles. The molecule has 102 valence electrons. The lowest BCUT2D eigenvalue weighted by Crippen LogP contribution is -2.27. The molecule has 1 heterocycles. The molecule has 4 nitrogen and oxygen atoms in total. The second-order valence-corrected chi connectivity index (χ2v) is 4.84. The Morgan fingerprint density at radius 2 is 2.00 bits per heavy atom. The molecule has 0 spiro atoms. The van der Waals surface area contributed by atoms with Gasteiger partial charge in [-0.15, -0.1) is 0 Å². The van der Waals surface area contributed by atoms with Gasteiger partial charge >= 0.3 is 0 Å². The summed E-state index contributed by atoms with van der Waals surface area (Å²) in [6.45, 7) is 7.55. The smallest absolute Gasteiger partial charge is 0.128 e. The lowest BCUT2D eigenvalue weighted by Gasteiger charge is -2.22. The van der Waals surface area contributed by atoms with Crippen molar-refractivity contribution in [2.75, 3.05) is 23.8 Å². The minimum atomic E-state index is 0.198. The molecule has 1 rings (SSSR count). The van der Waals surface area contributed by atoms with E-state index in [0.717, 1.165) is 31.0 Å². The fourth-order valence-corrected chi connectivity index (χ4v) is 1.77. The number of aliphatic hydroxyl groups excluding tert-OH is 1. The topological polar surface area (TPSA) is 57.2 Å². The monoisotopic (exact) mass is 251 g/mol. The van der Waals surface area contributed by atoms with Crippen molar-refractivity contribution in [1.29, 1.82) is 0 Å². The van der Waals surface area contributed by atoms with Crippen molar-refractivity contribution in [3.05, 3.63) is 18.2 Å². The van der Waals surface area contributed by atoms with Crippen molar-refractivity contribution in [3.8, 4) is 0 Å². The van der Waals surface area contributed by atoms with Crippen molar-refractivity contribution in [3.63, 3.8) is 0 Å². The Hall–Kier alpha value is -1.29. The van der Waals surface area contributed by atoms with Gasteiger partial charge in [0.25, 0.3) is 0 Å². The molecule has 18 heavy (non-hydrogen) atoms. The van der Waals surface area contributed by atoms with Crippen LogP contribution in [0.2, 0.25) is 0 Å². The lowest BCUT2D eigenvalue weighted by atomic mass is 10.0. The minimum absolute atomic E-state index is 0.198. The molecule has 0 aliphatic carbocycles. The van der Waals surface area contributed by atoms with Gasteiger partial charge in [-0.2, -0.15) is 0 Å². The van der Waals surface area contributed by atoms with E-state index in [9.17, 15) is 0 Å². The highest BCUT2D eigenvalue weighted by molar-refractivity contribution is 5.45. The Labute approximate surface area is 110 Å². The van der Waals surface area contributed by atoms with E-state index in [-0.39, 0.29) is 12.6 Å². The molecule has 0 saturated carbocycles. The predicted octanol–water partition coefficient (Wildman–Crippen LogP) is 2.72. The fourth-order valence-electron chi connectivity index (χ4n) is 1.77. The van der Waals surface area contributed by atoms with Gasteiger partial charge in [-0.05, 0) is 30.9 Å². The number of hydrogen-bond donors (Lipinski definition) is 3. The number of hydrogen-bond acceptors (Lipinski definition) is 4. The van der Waals surface area contributed by atoms with E-state index in [2.05, 4.69) is 36.4 Å². The first kappa shape index (κ1) is 14.8. The maximum atomic E-state index is 9.06. The molecule has 0 fully saturated rings. The van der Waals surface area contributed by atoms with Crippen LogP contribution in [0.5, 0.6) is 0 Å². The van der Waals surface area contributed by atoms with Crippen LogP contribution in [-0.2, 0) is 0 Å². The average molecular weight is 251 g/mol. The molecule has 1 unspecified atom stereocenters. The second kappa shape index (κ2) is 7.93. The normalized spacial score (nSPS) is 12.5. The molecule has 0 aliphatic heterocycles. The van der Waals surface area contributed by atoms with Gasteiger partial charge in [-0.1, -0.05) is 26.8 Å². The Morgan fingerprint density at radius 1 is 1.28 bits per heavy atom. The third kappa shape index (κ3) is 4.92. The minimum Gasteiger partial charge on any atom is -0.396 e. The van der Waals surface area contributed by atoms with Crippen molar-refractivity contribution < 1.29 is 5.11 Å². The molecule has 1 aromatic rings. The van der Waals surface area contributed by atoms with Crippen LogP contribution in [0.3, 0.4) is 0 Å². The number of rotatable bonds is 8. The number of pyridine rings is 1. The van der Waals surface area contributed by atoms with Gasteiger partial charge in [0.05, 0.1) is 0 Å².